The molecule has 8 heteroatoms. The Morgan fingerprint density at radius 1 is 1.14 bits per heavy atom. The Morgan fingerprint density at radius 2 is 1.97 bits per heavy atom. The smallest absolute Gasteiger partial charge is 0.159 e. The Kier molecular flexibility index (Phi) is 6.47. The van der Waals surface area contributed by atoms with Gasteiger partial charge in [-0.25, -0.2) is 9.37 Å². The van der Waals surface area contributed by atoms with Crippen LogP contribution in [0.3, 0.4) is 0 Å². The number of aromatic nitrogens is 6. The highest BCUT2D eigenvalue weighted by atomic mass is 19.1. The highest BCUT2D eigenvalue weighted by molar-refractivity contribution is 5.97. The lowest BCUT2D eigenvalue weighted by atomic mass is 10.1. The zero-order valence-corrected chi connectivity index (χ0v) is 20.6. The fourth-order valence-electron chi connectivity index (χ4n) is 4.09. The first-order valence-electron chi connectivity index (χ1n) is 11.9. The van der Waals surface area contributed by atoms with E-state index in [1.165, 1.54) is 6.07 Å². The summed E-state index contributed by atoms with van der Waals surface area (Å²) in [7, 11) is 0. The Bertz CT molecular complexity index is 1700. The van der Waals surface area contributed by atoms with E-state index >= 15 is 0 Å². The fraction of sp³-hybridized carbons (Fsp3) is 0.103. The summed E-state index contributed by atoms with van der Waals surface area (Å²) in [5.41, 5.74) is 7.19. The molecule has 5 rings (SSSR count). The molecular weight excluding hydrogens is 465 g/mol. The molecule has 0 aliphatic heterocycles. The molecule has 3 N–H and O–H groups in total. The van der Waals surface area contributed by atoms with Crippen LogP contribution in [0.25, 0.3) is 50.2 Å². The Labute approximate surface area is 213 Å². The first kappa shape index (κ1) is 23.9. The largest absolute Gasteiger partial charge is 0.359 e. The average Bonchev–Trinajstić information content (AvgIpc) is 3.54. The van der Waals surface area contributed by atoms with E-state index in [9.17, 15) is 4.39 Å². The minimum Gasteiger partial charge on any atom is -0.359 e. The van der Waals surface area contributed by atoms with Crippen molar-refractivity contribution in [3.63, 3.8) is 0 Å². The third-order valence-electron chi connectivity index (χ3n) is 6.12. The van der Waals surface area contributed by atoms with E-state index in [-0.39, 0.29) is 5.82 Å². The standard InChI is InChI=1S/C29H26FN7/c1-5-17(4)33-19(7-3)12-18(6-2)24-13-21-25(16-32-24)36-37-28(21)29-34-26-15-31-14-22(27(26)35-29)20-10-8-9-11-23(20)30/h6-16,33H,3-5H2,1-2H3,(H,34,35)(H,36,37)/b18-6+,19-12+. The first-order chi connectivity index (χ1) is 18.0. The molecule has 1 aromatic carbocycles. The van der Waals surface area contributed by atoms with Crippen molar-refractivity contribution in [2.45, 2.75) is 20.3 Å². The molecule has 184 valence electrons. The number of hydrogen-bond donors (Lipinski definition) is 3. The van der Waals surface area contributed by atoms with Crippen molar-refractivity contribution in [2.75, 3.05) is 0 Å². The number of nitrogens with zero attached hydrogens (tertiary/aromatic N) is 4. The average molecular weight is 492 g/mol. The summed E-state index contributed by atoms with van der Waals surface area (Å²) in [6.07, 6.45) is 11.6. The van der Waals surface area contributed by atoms with Crippen molar-refractivity contribution in [1.82, 2.24) is 35.5 Å². The van der Waals surface area contributed by atoms with Gasteiger partial charge in [-0.2, -0.15) is 5.10 Å². The quantitative estimate of drug-likeness (QED) is 0.210. The van der Waals surface area contributed by atoms with Gasteiger partial charge in [0.15, 0.2) is 5.82 Å². The number of benzene rings is 1. The molecule has 7 nitrogen and oxygen atoms in total. The second-order valence-electron chi connectivity index (χ2n) is 8.47. The molecule has 4 aromatic heterocycles. The van der Waals surface area contributed by atoms with Gasteiger partial charge in [0, 0.05) is 34.1 Å². The fourth-order valence-corrected chi connectivity index (χ4v) is 4.09. The summed E-state index contributed by atoms with van der Waals surface area (Å²) in [6, 6.07) is 8.57. The summed E-state index contributed by atoms with van der Waals surface area (Å²) in [4.78, 5) is 17.0. The summed E-state index contributed by atoms with van der Waals surface area (Å²) in [5.74, 6) is 0.222. The number of allylic oxidation sites excluding steroid dienone is 5. The molecule has 0 spiro atoms. The van der Waals surface area contributed by atoms with Crippen molar-refractivity contribution >= 4 is 27.5 Å². The number of halogens is 1. The number of fused-ring (bicyclic) bond motifs is 2. The summed E-state index contributed by atoms with van der Waals surface area (Å²) < 4.78 is 14.5. The molecule has 37 heavy (non-hydrogen) atoms. The second kappa shape index (κ2) is 10.0. The van der Waals surface area contributed by atoms with Crippen molar-refractivity contribution < 1.29 is 4.39 Å². The summed E-state index contributed by atoms with van der Waals surface area (Å²) >= 11 is 0. The lowest BCUT2D eigenvalue weighted by molar-refractivity contribution is 0.631. The van der Waals surface area contributed by atoms with E-state index < -0.39 is 0 Å². The van der Waals surface area contributed by atoms with Gasteiger partial charge in [-0.3, -0.25) is 15.1 Å². The molecule has 0 aliphatic rings. The lowest BCUT2D eigenvalue weighted by Crippen LogP contribution is -2.09. The topological polar surface area (TPSA) is 95.2 Å². The Balaban J connectivity index is 1.58. The Morgan fingerprint density at radius 3 is 2.73 bits per heavy atom. The molecule has 5 aromatic rings. The highest BCUT2D eigenvalue weighted by Gasteiger charge is 2.17. The molecule has 0 aliphatic carbocycles. The monoisotopic (exact) mass is 491 g/mol. The van der Waals surface area contributed by atoms with Crippen molar-refractivity contribution in [1.29, 1.82) is 0 Å². The minimum absolute atomic E-state index is 0.329. The van der Waals surface area contributed by atoms with Crippen LogP contribution < -0.4 is 5.32 Å². The van der Waals surface area contributed by atoms with Gasteiger partial charge in [0.05, 0.1) is 29.1 Å². The third kappa shape index (κ3) is 4.56. The van der Waals surface area contributed by atoms with Crippen LogP contribution in [0.5, 0.6) is 0 Å². The number of hydrogen-bond acceptors (Lipinski definition) is 5. The Hall–Kier alpha value is -4.85. The van der Waals surface area contributed by atoms with Crippen LogP contribution in [0, 0.1) is 5.82 Å². The van der Waals surface area contributed by atoms with E-state index in [4.69, 9.17) is 4.98 Å². The molecule has 0 amide bonds. The van der Waals surface area contributed by atoms with Gasteiger partial charge in [0.2, 0.25) is 0 Å². The number of imidazole rings is 1. The second-order valence-corrected chi connectivity index (χ2v) is 8.47. The number of nitrogens with one attached hydrogen (secondary N) is 3. The number of rotatable bonds is 8. The van der Waals surface area contributed by atoms with E-state index in [1.807, 2.05) is 32.1 Å². The summed E-state index contributed by atoms with van der Waals surface area (Å²) in [5, 5.41) is 11.7. The van der Waals surface area contributed by atoms with Gasteiger partial charge in [-0.1, -0.05) is 44.4 Å². The molecular formula is C29H26FN7. The van der Waals surface area contributed by atoms with Gasteiger partial charge in [-0.05, 0) is 43.2 Å². The van der Waals surface area contributed by atoms with Crippen molar-refractivity contribution in [2.24, 2.45) is 0 Å². The van der Waals surface area contributed by atoms with E-state index in [2.05, 4.69) is 43.6 Å². The molecule has 0 fully saturated rings. The van der Waals surface area contributed by atoms with Gasteiger partial charge in [-0.15, -0.1) is 0 Å². The number of H-pyrrole nitrogens is 2. The minimum atomic E-state index is -0.329. The van der Waals surface area contributed by atoms with Gasteiger partial charge < -0.3 is 10.3 Å². The zero-order chi connectivity index (χ0) is 25.9. The molecule has 4 heterocycles. The highest BCUT2D eigenvalue weighted by Crippen LogP contribution is 2.32. The maximum absolute atomic E-state index is 14.5. The lowest BCUT2D eigenvalue weighted by Gasteiger charge is -2.10. The predicted octanol–water partition coefficient (Wildman–Crippen LogP) is 6.69. The predicted molar refractivity (Wildman–Crippen MR) is 147 cm³/mol. The normalized spacial score (nSPS) is 12.3. The van der Waals surface area contributed by atoms with Crippen LogP contribution in [0.15, 0.2) is 91.7 Å². The molecule has 0 atom stereocenters. The van der Waals surface area contributed by atoms with Crippen LogP contribution in [-0.2, 0) is 0 Å². The van der Waals surface area contributed by atoms with E-state index in [0.29, 0.717) is 33.7 Å². The maximum atomic E-state index is 14.5. The van der Waals surface area contributed by atoms with E-state index in [0.717, 1.165) is 40.0 Å². The van der Waals surface area contributed by atoms with Gasteiger partial charge in [0.25, 0.3) is 0 Å². The molecule has 0 saturated carbocycles. The zero-order valence-electron chi connectivity index (χ0n) is 20.6. The van der Waals surface area contributed by atoms with Crippen LogP contribution in [-0.4, -0.2) is 30.1 Å². The van der Waals surface area contributed by atoms with Crippen LogP contribution in [0.4, 0.5) is 4.39 Å². The van der Waals surface area contributed by atoms with Gasteiger partial charge >= 0.3 is 0 Å². The van der Waals surface area contributed by atoms with Crippen LogP contribution >= 0.6 is 0 Å². The van der Waals surface area contributed by atoms with Crippen molar-refractivity contribution in [3.05, 3.63) is 103 Å². The first-order valence-corrected chi connectivity index (χ1v) is 11.9. The van der Waals surface area contributed by atoms with Crippen molar-refractivity contribution in [3.8, 4) is 22.6 Å². The molecule has 0 radical (unpaired) electrons. The maximum Gasteiger partial charge on any atom is 0.159 e. The third-order valence-corrected chi connectivity index (χ3v) is 6.12. The molecule has 0 unspecified atom stereocenters. The van der Waals surface area contributed by atoms with Crippen LogP contribution in [0.1, 0.15) is 26.0 Å². The number of pyridine rings is 2. The summed E-state index contributed by atoms with van der Waals surface area (Å²) in [6.45, 7) is 11.9. The molecule has 0 bridgehead atoms. The van der Waals surface area contributed by atoms with Crippen LogP contribution in [0.2, 0.25) is 0 Å². The SMILES string of the molecule is C=C/C(=C\C(=C/C)c1cc2c(-c3nc4c(-c5ccccc5F)cncc4[nH]3)n[nH]c2cn1)NC(=C)CC. The van der Waals surface area contributed by atoms with Gasteiger partial charge in [0.1, 0.15) is 17.0 Å². The number of aromatic amines is 2. The molecule has 0 saturated heterocycles. The van der Waals surface area contributed by atoms with E-state index in [1.54, 1.807) is 42.9 Å².